The van der Waals surface area contributed by atoms with Crippen LogP contribution in [0.2, 0.25) is 0 Å². The molecule has 190 valence electrons. The quantitative estimate of drug-likeness (QED) is 0.335. The van der Waals surface area contributed by atoms with Crippen molar-refractivity contribution in [2.24, 2.45) is 0 Å². The summed E-state index contributed by atoms with van der Waals surface area (Å²) in [4.78, 5) is 27.8. The predicted molar refractivity (Wildman–Crippen MR) is 118 cm³/mol. The normalized spacial score (nSPS) is 15.5. The van der Waals surface area contributed by atoms with Gasteiger partial charge in [-0.2, -0.15) is 31.4 Å². The predicted octanol–water partition coefficient (Wildman–Crippen LogP) is 5.48. The summed E-state index contributed by atoms with van der Waals surface area (Å²) in [5.41, 5.74) is -0.206. The van der Waals surface area contributed by atoms with Gasteiger partial charge in [0.25, 0.3) is 5.56 Å². The molecule has 1 fully saturated rings. The number of halogens is 6. The lowest BCUT2D eigenvalue weighted by atomic mass is 10.1. The summed E-state index contributed by atoms with van der Waals surface area (Å²) in [6.07, 6.45) is -6.44. The Kier molecular flexibility index (Phi) is 5.88. The summed E-state index contributed by atoms with van der Waals surface area (Å²) in [6.45, 7) is 1.80. The average molecular weight is 528 g/mol. The number of aromatic nitrogens is 6. The molecule has 0 aromatic carbocycles. The molecule has 0 saturated heterocycles. The summed E-state index contributed by atoms with van der Waals surface area (Å²) in [7, 11) is 0. The van der Waals surface area contributed by atoms with Crippen LogP contribution in [0.15, 0.2) is 28.5 Å². The van der Waals surface area contributed by atoms with E-state index in [1.165, 1.54) is 16.1 Å². The number of pyridine rings is 1. The molecule has 4 aromatic heterocycles. The van der Waals surface area contributed by atoms with Crippen molar-refractivity contribution in [1.29, 1.82) is 0 Å². The minimum atomic E-state index is -4.57. The van der Waals surface area contributed by atoms with Crippen molar-refractivity contribution in [2.45, 2.75) is 56.9 Å². The van der Waals surface area contributed by atoms with Gasteiger partial charge in [-0.25, -0.2) is 14.6 Å². The molecule has 1 atom stereocenters. The molecule has 4 aromatic rings. The summed E-state index contributed by atoms with van der Waals surface area (Å²) >= 11 is 0.450. The first-order chi connectivity index (χ1) is 17.0. The lowest BCUT2D eigenvalue weighted by Crippen LogP contribution is -2.17. The molecular formula is C22H18F6N6OS. The number of hydrogen-bond donors (Lipinski definition) is 1. The van der Waals surface area contributed by atoms with Crippen molar-refractivity contribution in [1.82, 2.24) is 29.7 Å². The standard InChI is InChI=1S/C22H18F6N6OS/c1-2-14(13-6-5-11(8-29-13)21(23,24)25)34-18-16(17(33-34)10-3-4-10)19(35)32-15(31-18)7-12-9-36-20(30-12)22(26,27)28/h5-6,8-10,14H,2-4,7H2,1H3,(H,31,32,35). The monoisotopic (exact) mass is 528 g/mol. The molecule has 4 heterocycles. The molecule has 1 aliphatic rings. The highest BCUT2D eigenvalue weighted by Crippen LogP contribution is 2.42. The van der Waals surface area contributed by atoms with Crippen LogP contribution in [-0.4, -0.2) is 29.7 Å². The Hall–Kier alpha value is -3.29. The minimum Gasteiger partial charge on any atom is -0.310 e. The van der Waals surface area contributed by atoms with Crippen LogP contribution in [0.5, 0.6) is 0 Å². The van der Waals surface area contributed by atoms with Gasteiger partial charge in [0, 0.05) is 23.9 Å². The van der Waals surface area contributed by atoms with Gasteiger partial charge in [0.1, 0.15) is 11.2 Å². The van der Waals surface area contributed by atoms with Crippen LogP contribution in [0, 0.1) is 0 Å². The van der Waals surface area contributed by atoms with Crippen LogP contribution in [0.3, 0.4) is 0 Å². The van der Waals surface area contributed by atoms with Gasteiger partial charge in [0.2, 0.25) is 0 Å². The van der Waals surface area contributed by atoms with E-state index in [-0.39, 0.29) is 34.9 Å². The molecule has 0 amide bonds. The maximum atomic E-state index is 13.0. The van der Waals surface area contributed by atoms with Gasteiger partial charge in [-0.1, -0.05) is 6.92 Å². The highest BCUT2D eigenvalue weighted by molar-refractivity contribution is 7.09. The Morgan fingerprint density at radius 2 is 1.89 bits per heavy atom. The molecule has 0 aliphatic heterocycles. The molecule has 0 radical (unpaired) electrons. The number of fused-ring (bicyclic) bond motifs is 1. The third-order valence-electron chi connectivity index (χ3n) is 5.88. The van der Waals surface area contributed by atoms with E-state index in [4.69, 9.17) is 0 Å². The van der Waals surface area contributed by atoms with Gasteiger partial charge in [-0.3, -0.25) is 9.78 Å². The fourth-order valence-corrected chi connectivity index (χ4v) is 4.72. The number of rotatable bonds is 6. The number of H-pyrrole nitrogens is 1. The maximum absolute atomic E-state index is 13.0. The molecule has 1 unspecified atom stereocenters. The van der Waals surface area contributed by atoms with Crippen molar-refractivity contribution in [3.8, 4) is 0 Å². The number of aromatic amines is 1. The zero-order chi connectivity index (χ0) is 25.8. The fraction of sp³-hybridized carbons (Fsp3) is 0.409. The number of alkyl halides is 6. The van der Waals surface area contributed by atoms with E-state index in [0.29, 0.717) is 29.1 Å². The lowest BCUT2D eigenvalue weighted by Gasteiger charge is -2.17. The van der Waals surface area contributed by atoms with Crippen LogP contribution in [0.4, 0.5) is 26.3 Å². The zero-order valence-electron chi connectivity index (χ0n) is 18.6. The number of nitrogens with one attached hydrogen (secondary N) is 1. The molecule has 1 aliphatic carbocycles. The summed E-state index contributed by atoms with van der Waals surface area (Å²) in [5.74, 6) is 0.165. The van der Waals surface area contributed by atoms with Crippen LogP contribution >= 0.6 is 11.3 Å². The molecule has 1 N–H and O–H groups in total. The van der Waals surface area contributed by atoms with E-state index in [2.05, 4.69) is 25.0 Å². The lowest BCUT2D eigenvalue weighted by molar-refractivity contribution is -0.138. The van der Waals surface area contributed by atoms with Crippen LogP contribution in [-0.2, 0) is 18.8 Å². The van der Waals surface area contributed by atoms with Gasteiger partial charge in [-0.05, 0) is 31.4 Å². The third kappa shape index (κ3) is 4.61. The molecule has 0 bridgehead atoms. The molecule has 36 heavy (non-hydrogen) atoms. The van der Waals surface area contributed by atoms with E-state index >= 15 is 0 Å². The maximum Gasteiger partial charge on any atom is 0.443 e. The van der Waals surface area contributed by atoms with Crippen molar-refractivity contribution < 1.29 is 26.3 Å². The second-order valence-electron chi connectivity index (χ2n) is 8.53. The molecule has 14 heteroatoms. The van der Waals surface area contributed by atoms with Crippen LogP contribution in [0.1, 0.15) is 71.6 Å². The Bertz CT molecular complexity index is 1470. The SMILES string of the molecule is CCC(c1ccc(C(F)(F)F)cn1)n1nc(C2CC2)c2c(=O)[nH]c(Cc3csc(C(F)(F)F)n3)nc21. The molecule has 5 rings (SSSR count). The Morgan fingerprint density at radius 3 is 2.44 bits per heavy atom. The smallest absolute Gasteiger partial charge is 0.310 e. The van der Waals surface area contributed by atoms with Gasteiger partial charge >= 0.3 is 12.4 Å². The number of hydrogen-bond acceptors (Lipinski definition) is 6. The first-order valence-corrected chi connectivity index (χ1v) is 11.9. The van der Waals surface area contributed by atoms with E-state index in [0.717, 1.165) is 25.1 Å². The largest absolute Gasteiger partial charge is 0.443 e. The minimum absolute atomic E-state index is 0.0634. The molecule has 7 nitrogen and oxygen atoms in total. The molecule has 0 spiro atoms. The second kappa shape index (κ2) is 8.68. The van der Waals surface area contributed by atoms with Crippen LogP contribution in [0.25, 0.3) is 11.0 Å². The Labute approximate surface area is 203 Å². The zero-order valence-corrected chi connectivity index (χ0v) is 19.4. The highest BCUT2D eigenvalue weighted by atomic mass is 32.1. The fourth-order valence-electron chi connectivity index (χ4n) is 4.03. The first kappa shape index (κ1) is 24.4. The summed E-state index contributed by atoms with van der Waals surface area (Å²) in [5, 5.41) is 5.14. The first-order valence-electron chi connectivity index (χ1n) is 11.0. The van der Waals surface area contributed by atoms with Gasteiger partial charge in [0.15, 0.2) is 10.7 Å². The van der Waals surface area contributed by atoms with Gasteiger partial charge in [-0.15, -0.1) is 11.3 Å². The van der Waals surface area contributed by atoms with Crippen molar-refractivity contribution in [3.63, 3.8) is 0 Å². The van der Waals surface area contributed by atoms with Gasteiger partial charge in [0.05, 0.1) is 28.7 Å². The van der Waals surface area contributed by atoms with E-state index in [1.807, 2.05) is 0 Å². The van der Waals surface area contributed by atoms with E-state index in [9.17, 15) is 31.1 Å². The average Bonchev–Trinajstić information content (AvgIpc) is 3.41. The Balaban J connectivity index is 1.58. The number of thiazole rings is 1. The topological polar surface area (TPSA) is 89.4 Å². The van der Waals surface area contributed by atoms with Crippen molar-refractivity contribution in [2.75, 3.05) is 0 Å². The highest BCUT2D eigenvalue weighted by Gasteiger charge is 2.36. The van der Waals surface area contributed by atoms with Crippen LogP contribution < -0.4 is 5.56 Å². The Morgan fingerprint density at radius 1 is 1.14 bits per heavy atom. The second-order valence-corrected chi connectivity index (χ2v) is 9.39. The van der Waals surface area contributed by atoms with E-state index in [1.54, 1.807) is 6.92 Å². The molecular weight excluding hydrogens is 510 g/mol. The van der Waals surface area contributed by atoms with Gasteiger partial charge < -0.3 is 4.98 Å². The number of nitrogens with zero attached hydrogens (tertiary/aromatic N) is 5. The van der Waals surface area contributed by atoms with Crippen molar-refractivity contribution in [3.05, 3.63) is 67.5 Å². The summed E-state index contributed by atoms with van der Waals surface area (Å²) < 4.78 is 79.2. The third-order valence-corrected chi connectivity index (χ3v) is 6.82. The summed E-state index contributed by atoms with van der Waals surface area (Å²) in [6, 6.07) is 1.59. The van der Waals surface area contributed by atoms with Crippen molar-refractivity contribution >= 4 is 22.4 Å². The van der Waals surface area contributed by atoms with E-state index < -0.39 is 34.5 Å². The molecule has 1 saturated carbocycles.